The molecule has 9 heteroatoms. The van der Waals surface area contributed by atoms with Crippen LogP contribution in [0.4, 0.5) is 13.2 Å². The first-order valence-electron chi connectivity index (χ1n) is 6.25. The highest BCUT2D eigenvalue weighted by atomic mass is 35.5. The molecular formula is C14H7ClF3N3O2. The van der Waals surface area contributed by atoms with Crippen molar-refractivity contribution in [2.45, 2.75) is 6.18 Å². The average molecular weight is 342 g/mol. The van der Waals surface area contributed by atoms with Crippen molar-refractivity contribution in [2.75, 3.05) is 0 Å². The Morgan fingerprint density at radius 3 is 2.61 bits per heavy atom. The van der Waals surface area contributed by atoms with Gasteiger partial charge in [-0.15, -0.1) is 0 Å². The third-order valence-electron chi connectivity index (χ3n) is 3.07. The first-order valence-corrected chi connectivity index (χ1v) is 6.62. The fourth-order valence-electron chi connectivity index (χ4n) is 2.09. The Morgan fingerprint density at radius 1 is 1.17 bits per heavy atom. The monoisotopic (exact) mass is 341 g/mol. The van der Waals surface area contributed by atoms with Gasteiger partial charge in [-0.25, -0.2) is 9.36 Å². The number of hydrogen-bond acceptors (Lipinski definition) is 4. The smallest absolute Gasteiger partial charge is 0.295 e. The van der Waals surface area contributed by atoms with Crippen molar-refractivity contribution in [2.24, 2.45) is 0 Å². The van der Waals surface area contributed by atoms with Crippen LogP contribution < -0.4 is 5.76 Å². The van der Waals surface area contributed by atoms with Crippen molar-refractivity contribution in [3.05, 3.63) is 63.9 Å². The maximum Gasteiger partial charge on any atom is 0.446 e. The van der Waals surface area contributed by atoms with Crippen LogP contribution in [0.25, 0.3) is 17.1 Å². The number of aromatic nitrogens is 3. The van der Waals surface area contributed by atoms with E-state index in [1.165, 1.54) is 12.1 Å². The van der Waals surface area contributed by atoms with Crippen molar-refractivity contribution in [3.63, 3.8) is 0 Å². The molecule has 3 rings (SSSR count). The second-order valence-corrected chi connectivity index (χ2v) is 4.89. The van der Waals surface area contributed by atoms with Gasteiger partial charge in [-0.1, -0.05) is 28.9 Å². The topological polar surface area (TPSA) is 60.9 Å². The highest BCUT2D eigenvalue weighted by Gasteiger charge is 2.35. The predicted octanol–water partition coefficient (Wildman–Crippen LogP) is 3.56. The minimum absolute atomic E-state index is 0.160. The number of nitrogens with zero attached hydrogens (tertiary/aromatic N) is 3. The molecule has 0 atom stereocenters. The summed E-state index contributed by atoms with van der Waals surface area (Å²) >= 11 is 6.01. The summed E-state index contributed by atoms with van der Waals surface area (Å²) < 4.78 is 44.9. The first kappa shape index (κ1) is 15.3. The molecule has 0 aliphatic rings. The van der Waals surface area contributed by atoms with E-state index in [9.17, 15) is 18.0 Å². The standard InChI is InChI=1S/C14H7ClF3N3O2/c15-10-3-1-2-4-11(10)21-12(20-23-13(21)22)8-7-19-6-5-9(8)14(16,17)18/h1-7H. The molecule has 0 unspecified atom stereocenters. The summed E-state index contributed by atoms with van der Waals surface area (Å²) in [5.74, 6) is -1.28. The molecule has 0 fully saturated rings. The van der Waals surface area contributed by atoms with E-state index in [2.05, 4.69) is 14.7 Å². The summed E-state index contributed by atoms with van der Waals surface area (Å²) in [4.78, 5) is 15.6. The summed E-state index contributed by atoms with van der Waals surface area (Å²) in [6.45, 7) is 0. The minimum Gasteiger partial charge on any atom is -0.295 e. The molecule has 5 nitrogen and oxygen atoms in total. The van der Waals surface area contributed by atoms with E-state index >= 15 is 0 Å². The molecule has 2 aromatic heterocycles. The molecule has 0 aliphatic heterocycles. The van der Waals surface area contributed by atoms with Gasteiger partial charge < -0.3 is 0 Å². The van der Waals surface area contributed by atoms with E-state index in [1.54, 1.807) is 12.1 Å². The van der Waals surface area contributed by atoms with Gasteiger partial charge in [-0.05, 0) is 18.2 Å². The number of alkyl halides is 3. The highest BCUT2D eigenvalue weighted by molar-refractivity contribution is 6.32. The molecule has 23 heavy (non-hydrogen) atoms. The first-order chi connectivity index (χ1) is 10.9. The Balaban J connectivity index is 2.30. The summed E-state index contributed by atoms with van der Waals surface area (Å²) in [5, 5.41) is 3.62. The molecular weight excluding hydrogens is 335 g/mol. The van der Waals surface area contributed by atoms with Crippen LogP contribution in [-0.2, 0) is 6.18 Å². The highest BCUT2D eigenvalue weighted by Crippen LogP contribution is 2.36. The van der Waals surface area contributed by atoms with E-state index < -0.39 is 17.5 Å². The zero-order chi connectivity index (χ0) is 16.6. The Hall–Kier alpha value is -2.61. The Bertz CT molecular complexity index is 918. The number of halogens is 4. The third kappa shape index (κ3) is 2.72. The number of benzene rings is 1. The van der Waals surface area contributed by atoms with Crippen LogP contribution in [0.5, 0.6) is 0 Å². The zero-order valence-corrected chi connectivity index (χ0v) is 12.0. The van der Waals surface area contributed by atoms with Gasteiger partial charge in [0.2, 0.25) is 0 Å². The van der Waals surface area contributed by atoms with Gasteiger partial charge in [-0.3, -0.25) is 9.51 Å². The average Bonchev–Trinajstić information content (AvgIpc) is 2.88. The summed E-state index contributed by atoms with van der Waals surface area (Å²) in [6.07, 6.45) is -2.67. The van der Waals surface area contributed by atoms with E-state index in [0.717, 1.165) is 23.0 Å². The Kier molecular flexibility index (Phi) is 3.69. The molecule has 0 N–H and O–H groups in total. The van der Waals surface area contributed by atoms with Crippen molar-refractivity contribution in [3.8, 4) is 17.1 Å². The fraction of sp³-hybridized carbons (Fsp3) is 0.0714. The van der Waals surface area contributed by atoms with Crippen LogP contribution in [0.3, 0.4) is 0 Å². The van der Waals surface area contributed by atoms with Crippen LogP contribution in [-0.4, -0.2) is 14.7 Å². The third-order valence-corrected chi connectivity index (χ3v) is 3.38. The zero-order valence-electron chi connectivity index (χ0n) is 11.2. The molecule has 0 saturated carbocycles. The van der Waals surface area contributed by atoms with Gasteiger partial charge in [0.15, 0.2) is 5.82 Å². The maximum absolute atomic E-state index is 13.2. The van der Waals surface area contributed by atoms with E-state index in [4.69, 9.17) is 11.6 Å². The molecule has 0 bridgehead atoms. The molecule has 0 aliphatic carbocycles. The van der Waals surface area contributed by atoms with Crippen LogP contribution in [0.15, 0.2) is 52.0 Å². The number of hydrogen-bond donors (Lipinski definition) is 0. The van der Waals surface area contributed by atoms with Crippen LogP contribution in [0.1, 0.15) is 5.56 Å². The molecule has 0 saturated heterocycles. The molecule has 3 aromatic rings. The number of pyridine rings is 1. The second kappa shape index (κ2) is 5.54. The molecule has 0 spiro atoms. The fourth-order valence-corrected chi connectivity index (χ4v) is 2.31. The van der Waals surface area contributed by atoms with Crippen LogP contribution >= 0.6 is 11.6 Å². The lowest BCUT2D eigenvalue weighted by molar-refractivity contribution is -0.137. The normalized spacial score (nSPS) is 11.7. The lowest BCUT2D eigenvalue weighted by Crippen LogP contribution is -2.15. The SMILES string of the molecule is O=c1onc(-c2cnccc2C(F)(F)F)n1-c1ccccc1Cl. The van der Waals surface area contributed by atoms with Crippen molar-refractivity contribution < 1.29 is 17.7 Å². The van der Waals surface area contributed by atoms with Gasteiger partial charge >= 0.3 is 11.9 Å². The van der Waals surface area contributed by atoms with Crippen molar-refractivity contribution in [1.29, 1.82) is 0 Å². The van der Waals surface area contributed by atoms with Gasteiger partial charge in [0.05, 0.1) is 21.8 Å². The van der Waals surface area contributed by atoms with Crippen LogP contribution in [0.2, 0.25) is 5.02 Å². The molecule has 2 heterocycles. The lowest BCUT2D eigenvalue weighted by Gasteiger charge is -2.12. The summed E-state index contributed by atoms with van der Waals surface area (Å²) in [7, 11) is 0. The van der Waals surface area contributed by atoms with E-state index in [0.29, 0.717) is 0 Å². The summed E-state index contributed by atoms with van der Waals surface area (Å²) in [6, 6.07) is 6.96. The lowest BCUT2D eigenvalue weighted by atomic mass is 10.1. The van der Waals surface area contributed by atoms with Crippen LogP contribution in [0, 0.1) is 0 Å². The largest absolute Gasteiger partial charge is 0.446 e. The van der Waals surface area contributed by atoms with Gasteiger partial charge in [0.1, 0.15) is 0 Å². The molecule has 1 aromatic carbocycles. The minimum atomic E-state index is -4.64. The summed E-state index contributed by atoms with van der Waals surface area (Å²) in [5.41, 5.74) is -1.21. The predicted molar refractivity (Wildman–Crippen MR) is 75.3 cm³/mol. The molecule has 0 amide bonds. The van der Waals surface area contributed by atoms with E-state index in [1.807, 2.05) is 0 Å². The molecule has 0 radical (unpaired) electrons. The Labute approximate surface area is 131 Å². The Morgan fingerprint density at radius 2 is 1.91 bits per heavy atom. The van der Waals surface area contributed by atoms with Gasteiger partial charge in [0, 0.05) is 12.4 Å². The van der Waals surface area contributed by atoms with Crippen molar-refractivity contribution >= 4 is 11.6 Å². The quantitative estimate of drug-likeness (QED) is 0.715. The van der Waals surface area contributed by atoms with Gasteiger partial charge in [-0.2, -0.15) is 13.2 Å². The van der Waals surface area contributed by atoms with Gasteiger partial charge in [0.25, 0.3) is 0 Å². The number of para-hydroxylation sites is 1. The maximum atomic E-state index is 13.2. The van der Waals surface area contributed by atoms with Crippen molar-refractivity contribution in [1.82, 2.24) is 14.7 Å². The number of rotatable bonds is 2. The molecule has 118 valence electrons. The second-order valence-electron chi connectivity index (χ2n) is 4.48. The van der Waals surface area contributed by atoms with E-state index in [-0.39, 0.29) is 22.1 Å².